The van der Waals surface area contributed by atoms with E-state index in [-0.39, 0.29) is 0 Å². The van der Waals surface area contributed by atoms with Gasteiger partial charge in [0.05, 0.1) is 13.2 Å². The Morgan fingerprint density at radius 2 is 1.21 bits per heavy atom. The number of aromatic hydroxyl groups is 1. The molecular formula is C19H40N2O7S. The van der Waals surface area contributed by atoms with E-state index in [2.05, 4.69) is 28.4 Å². The zero-order valence-corrected chi connectivity index (χ0v) is 18.7. The summed E-state index contributed by atoms with van der Waals surface area (Å²) < 4.78 is 31.6. The summed E-state index contributed by atoms with van der Waals surface area (Å²) in [6.07, 6.45) is 10.3. The minimum atomic E-state index is -4.67. The molecule has 0 atom stereocenters. The van der Waals surface area contributed by atoms with Crippen molar-refractivity contribution in [3.05, 3.63) is 29.8 Å². The number of para-hydroxylation sites is 1. The van der Waals surface area contributed by atoms with Crippen LogP contribution in [0.2, 0.25) is 0 Å². The third-order valence-electron chi connectivity index (χ3n) is 3.37. The second-order valence-corrected chi connectivity index (χ2v) is 6.75. The molecule has 0 radical (unpaired) electrons. The maximum Gasteiger partial charge on any atom is 0.394 e. The van der Waals surface area contributed by atoms with Crippen LogP contribution in [0.15, 0.2) is 24.3 Å². The molecule has 0 aromatic heterocycles. The van der Waals surface area contributed by atoms with Gasteiger partial charge in [0.25, 0.3) is 0 Å². The fourth-order valence-corrected chi connectivity index (χ4v) is 1.99. The van der Waals surface area contributed by atoms with E-state index < -0.39 is 10.4 Å². The van der Waals surface area contributed by atoms with E-state index in [1.54, 1.807) is 6.07 Å². The molecule has 0 amide bonds. The second kappa shape index (κ2) is 24.8. The fourth-order valence-electron chi connectivity index (χ4n) is 1.99. The first-order valence-corrected chi connectivity index (χ1v) is 11.2. The summed E-state index contributed by atoms with van der Waals surface area (Å²) in [5.41, 5.74) is 1.09. The van der Waals surface area contributed by atoms with E-state index in [0.717, 1.165) is 12.0 Å². The fraction of sp³-hybridized carbons (Fsp3) is 0.684. The molecule has 0 saturated heterocycles. The highest BCUT2D eigenvalue weighted by Crippen LogP contribution is 2.18. The highest BCUT2D eigenvalue weighted by molar-refractivity contribution is 7.79. The van der Waals surface area contributed by atoms with Crippen molar-refractivity contribution in [1.82, 2.24) is 0 Å². The van der Waals surface area contributed by atoms with Crippen molar-refractivity contribution in [3.63, 3.8) is 0 Å². The van der Waals surface area contributed by atoms with Crippen LogP contribution in [0.4, 0.5) is 0 Å². The normalized spacial score (nSPS) is 9.90. The van der Waals surface area contributed by atoms with Gasteiger partial charge in [-0.25, -0.2) is 11.8 Å². The molecule has 0 aliphatic heterocycles. The van der Waals surface area contributed by atoms with Crippen LogP contribution in [-0.2, 0) is 26.5 Å². The molecule has 0 unspecified atom stereocenters. The van der Waals surface area contributed by atoms with Crippen molar-refractivity contribution < 1.29 is 32.3 Å². The summed E-state index contributed by atoms with van der Waals surface area (Å²) in [6.45, 7) is 7.11. The highest BCUT2D eigenvalue weighted by atomic mass is 32.3. The number of aryl methyl sites for hydroxylation is 1. The maximum atomic E-state index is 9.58. The van der Waals surface area contributed by atoms with Crippen LogP contribution < -0.4 is 11.8 Å². The van der Waals surface area contributed by atoms with Gasteiger partial charge in [-0.2, -0.15) is 8.42 Å². The molecule has 0 spiro atoms. The lowest BCUT2D eigenvalue weighted by molar-refractivity contribution is 0.152. The largest absolute Gasteiger partial charge is 0.508 e. The molecule has 10 heteroatoms. The zero-order valence-electron chi connectivity index (χ0n) is 17.9. The molecule has 29 heavy (non-hydrogen) atoms. The molecule has 0 heterocycles. The van der Waals surface area contributed by atoms with Gasteiger partial charge in [0.2, 0.25) is 0 Å². The lowest BCUT2D eigenvalue weighted by atomic mass is 10.0. The first-order chi connectivity index (χ1) is 13.7. The van der Waals surface area contributed by atoms with E-state index in [9.17, 15) is 5.11 Å². The average Bonchev–Trinajstić information content (AvgIpc) is 2.67. The number of nitrogens with two attached hydrogens (primary N) is 2. The van der Waals surface area contributed by atoms with Crippen LogP contribution in [0.1, 0.15) is 71.3 Å². The molecule has 7 N–H and O–H groups in total. The monoisotopic (exact) mass is 440 g/mol. The first-order valence-electron chi connectivity index (χ1n) is 9.77. The van der Waals surface area contributed by atoms with E-state index in [1.807, 2.05) is 32.0 Å². The van der Waals surface area contributed by atoms with Crippen LogP contribution in [0.3, 0.4) is 0 Å². The average molecular weight is 441 g/mol. The van der Waals surface area contributed by atoms with Gasteiger partial charge in [0, 0.05) is 0 Å². The van der Waals surface area contributed by atoms with E-state index in [0.29, 0.717) is 19.0 Å². The zero-order chi connectivity index (χ0) is 23.0. The second-order valence-electron chi connectivity index (χ2n) is 5.86. The van der Waals surface area contributed by atoms with Crippen molar-refractivity contribution in [2.75, 3.05) is 13.2 Å². The van der Waals surface area contributed by atoms with Crippen LogP contribution >= 0.6 is 0 Å². The van der Waals surface area contributed by atoms with Gasteiger partial charge >= 0.3 is 10.4 Å². The molecule has 1 aromatic rings. The topological polar surface area (TPSA) is 165 Å². The van der Waals surface area contributed by atoms with E-state index in [4.69, 9.17) is 17.5 Å². The van der Waals surface area contributed by atoms with Crippen LogP contribution in [-0.4, -0.2) is 35.8 Å². The summed E-state index contributed by atoms with van der Waals surface area (Å²) >= 11 is 0. The number of benzene rings is 1. The molecule has 0 bridgehead atoms. The van der Waals surface area contributed by atoms with Crippen molar-refractivity contribution >= 4 is 10.4 Å². The van der Waals surface area contributed by atoms with Crippen molar-refractivity contribution in [1.29, 1.82) is 0 Å². The third-order valence-corrected chi connectivity index (χ3v) is 3.37. The number of hydrogen-bond donors (Lipinski definition) is 5. The van der Waals surface area contributed by atoms with Crippen LogP contribution in [0.5, 0.6) is 5.75 Å². The van der Waals surface area contributed by atoms with Crippen molar-refractivity contribution in [2.24, 2.45) is 11.8 Å². The lowest BCUT2D eigenvalue weighted by Crippen LogP contribution is -1.94. The quantitative estimate of drug-likeness (QED) is 0.206. The molecule has 0 aliphatic rings. The minimum Gasteiger partial charge on any atom is -0.508 e. The van der Waals surface area contributed by atoms with E-state index >= 15 is 0 Å². The smallest absolute Gasteiger partial charge is 0.394 e. The Balaban J connectivity index is -0.000000426. The molecule has 0 saturated carbocycles. The summed E-state index contributed by atoms with van der Waals surface area (Å²) in [7, 11) is -4.67. The Kier molecular flexibility index (Phi) is 27.7. The third kappa shape index (κ3) is 38.0. The number of rotatable bonds is 10. The Bertz CT molecular complexity index is 527. The summed E-state index contributed by atoms with van der Waals surface area (Å²) in [4.78, 5) is 8.08. The summed E-state index contributed by atoms with van der Waals surface area (Å²) in [5, 5.41) is 9.58. The van der Waals surface area contributed by atoms with Gasteiger partial charge in [-0.1, -0.05) is 63.6 Å². The molecule has 0 aliphatic carbocycles. The Morgan fingerprint density at radius 1 is 0.828 bits per heavy atom. The Hall–Kier alpha value is -1.27. The Labute approximate surface area is 175 Å². The highest BCUT2D eigenvalue weighted by Gasteiger charge is 1.98. The predicted octanol–water partition coefficient (Wildman–Crippen LogP) is 3.83. The summed E-state index contributed by atoms with van der Waals surface area (Å²) in [6, 6.07) is 7.67. The summed E-state index contributed by atoms with van der Waals surface area (Å²) in [5.74, 6) is 9.51. The molecule has 1 rings (SSSR count). The number of phenols is 1. The van der Waals surface area contributed by atoms with Gasteiger partial charge in [-0.3, -0.25) is 9.11 Å². The molecule has 9 nitrogen and oxygen atoms in total. The van der Waals surface area contributed by atoms with Gasteiger partial charge in [0.1, 0.15) is 5.75 Å². The molecular weight excluding hydrogens is 400 g/mol. The number of phenolic OH excluding ortho intramolecular Hbond substituents is 1. The first kappa shape index (κ1) is 32.4. The van der Waals surface area contributed by atoms with Crippen molar-refractivity contribution in [3.8, 4) is 5.75 Å². The van der Waals surface area contributed by atoms with Crippen LogP contribution in [0, 0.1) is 0 Å². The van der Waals surface area contributed by atoms with Crippen LogP contribution in [0.25, 0.3) is 0 Å². The Morgan fingerprint density at radius 3 is 1.59 bits per heavy atom. The molecule has 1 aromatic carbocycles. The van der Waals surface area contributed by atoms with Gasteiger partial charge in [-0.05, 0) is 38.3 Å². The van der Waals surface area contributed by atoms with Gasteiger partial charge in [-0.15, -0.1) is 0 Å². The van der Waals surface area contributed by atoms with E-state index in [1.165, 1.54) is 44.9 Å². The van der Waals surface area contributed by atoms with Crippen molar-refractivity contribution in [2.45, 2.75) is 72.1 Å². The number of unbranched alkanes of at least 4 members (excludes halogenated alkanes) is 6. The SMILES string of the molecule is CCCCCCCCCc1ccccc1O.CCON.CCON.O=S(=O)(O)O. The minimum absolute atomic E-state index is 0.452. The van der Waals surface area contributed by atoms with Gasteiger partial charge in [0.15, 0.2) is 0 Å². The number of hydrogen-bond acceptors (Lipinski definition) is 7. The standard InChI is InChI=1S/C15H24O.2C2H7NO.H2O4S/c1-2-3-4-5-6-7-8-11-14-12-9-10-13-15(14)16;2*1-2-4-3;1-5(2,3)4/h9-10,12-13,16H,2-8,11H2,1H3;2*2-3H2,1H3;(H2,1,2,3,4). The maximum absolute atomic E-state index is 9.58. The molecule has 0 fully saturated rings. The lowest BCUT2D eigenvalue weighted by Gasteiger charge is -2.04. The predicted molar refractivity (Wildman–Crippen MR) is 116 cm³/mol. The van der Waals surface area contributed by atoms with Gasteiger partial charge < -0.3 is 14.8 Å². The molecule has 174 valence electrons.